The van der Waals surface area contributed by atoms with E-state index in [0.717, 1.165) is 27.8 Å². The Morgan fingerprint density at radius 1 is 1.08 bits per heavy atom. The number of phenols is 1. The van der Waals surface area contributed by atoms with Crippen molar-refractivity contribution in [2.75, 3.05) is 7.11 Å². The Bertz CT molecular complexity index is 963. The summed E-state index contributed by atoms with van der Waals surface area (Å²) in [6, 6.07) is 18.3. The van der Waals surface area contributed by atoms with Gasteiger partial charge in [-0.2, -0.15) is 5.10 Å². The van der Waals surface area contributed by atoms with Gasteiger partial charge in [-0.05, 0) is 59.2 Å². The molecule has 3 aromatic carbocycles. The topological polar surface area (TPSA) is 70.9 Å². The maximum absolute atomic E-state index is 12.5. The van der Waals surface area contributed by atoms with E-state index in [0.29, 0.717) is 6.42 Å². The molecule has 132 valence electrons. The van der Waals surface area contributed by atoms with Crippen molar-refractivity contribution in [3.8, 4) is 11.5 Å². The first-order valence-electron chi connectivity index (χ1n) is 8.35. The summed E-state index contributed by atoms with van der Waals surface area (Å²) in [6.07, 6.45) is 0.649. The van der Waals surface area contributed by atoms with Crippen molar-refractivity contribution in [1.29, 1.82) is 0 Å². The van der Waals surface area contributed by atoms with Crippen molar-refractivity contribution in [3.63, 3.8) is 0 Å². The first kappa shape index (κ1) is 17.5. The first-order chi connectivity index (χ1) is 12.6. The quantitative estimate of drug-likeness (QED) is 0.539. The Morgan fingerprint density at radius 2 is 1.73 bits per heavy atom. The van der Waals surface area contributed by atoms with Crippen LogP contribution in [0.3, 0.4) is 0 Å². The molecule has 0 bridgehead atoms. The number of benzene rings is 3. The fourth-order valence-electron chi connectivity index (χ4n) is 2.72. The summed E-state index contributed by atoms with van der Waals surface area (Å²) < 4.78 is 5.15. The molecule has 3 rings (SSSR count). The second kappa shape index (κ2) is 7.70. The number of fused-ring (bicyclic) bond motifs is 1. The van der Waals surface area contributed by atoms with Crippen molar-refractivity contribution in [2.45, 2.75) is 13.3 Å². The van der Waals surface area contributed by atoms with Crippen LogP contribution in [0.15, 0.2) is 65.8 Å². The number of hydrogen-bond donors (Lipinski definition) is 2. The van der Waals surface area contributed by atoms with Gasteiger partial charge in [0.25, 0.3) is 5.91 Å². The van der Waals surface area contributed by atoms with Gasteiger partial charge < -0.3 is 9.84 Å². The monoisotopic (exact) mass is 348 g/mol. The summed E-state index contributed by atoms with van der Waals surface area (Å²) in [6.45, 7) is 1.96. The van der Waals surface area contributed by atoms with Gasteiger partial charge in [-0.25, -0.2) is 5.43 Å². The van der Waals surface area contributed by atoms with Crippen molar-refractivity contribution >= 4 is 22.4 Å². The van der Waals surface area contributed by atoms with Crippen LogP contribution >= 0.6 is 0 Å². The molecule has 0 saturated carbocycles. The van der Waals surface area contributed by atoms with Crippen LogP contribution in [0.4, 0.5) is 0 Å². The normalized spacial score (nSPS) is 11.4. The Morgan fingerprint density at radius 3 is 2.35 bits per heavy atom. The number of aromatic hydroxyl groups is 1. The smallest absolute Gasteiger partial charge is 0.275 e. The molecule has 0 fully saturated rings. The van der Waals surface area contributed by atoms with Crippen LogP contribution in [0.2, 0.25) is 0 Å². The van der Waals surface area contributed by atoms with Crippen LogP contribution < -0.4 is 10.2 Å². The zero-order valence-electron chi connectivity index (χ0n) is 14.7. The van der Waals surface area contributed by atoms with Gasteiger partial charge in [0, 0.05) is 0 Å². The lowest BCUT2D eigenvalue weighted by Gasteiger charge is -2.08. The highest BCUT2D eigenvalue weighted by Gasteiger charge is 2.12. The van der Waals surface area contributed by atoms with Gasteiger partial charge in [-0.15, -0.1) is 0 Å². The largest absolute Gasteiger partial charge is 0.507 e. The van der Waals surface area contributed by atoms with E-state index < -0.39 is 5.91 Å². The summed E-state index contributed by atoms with van der Waals surface area (Å²) in [4.78, 5) is 12.5. The third kappa shape index (κ3) is 3.67. The number of carbonyl (C=O) groups is 1. The Labute approximate surface area is 151 Å². The van der Waals surface area contributed by atoms with Gasteiger partial charge >= 0.3 is 0 Å². The minimum absolute atomic E-state index is 0.0705. The number of methoxy groups -OCH3 is 1. The van der Waals surface area contributed by atoms with Crippen LogP contribution in [-0.4, -0.2) is 23.8 Å². The van der Waals surface area contributed by atoms with Gasteiger partial charge in [0.15, 0.2) is 0 Å². The molecule has 3 aromatic rings. The number of rotatable bonds is 5. The SMILES string of the molecule is CC/C(=N/NC(=O)c1cc2ccccc2cc1O)c1ccc(OC)cc1. The molecule has 0 atom stereocenters. The van der Waals surface area contributed by atoms with Gasteiger partial charge in [-0.3, -0.25) is 4.79 Å². The summed E-state index contributed by atoms with van der Waals surface area (Å²) in [5, 5.41) is 16.1. The van der Waals surface area contributed by atoms with E-state index in [9.17, 15) is 9.90 Å². The van der Waals surface area contributed by atoms with Crippen LogP contribution in [0, 0.1) is 0 Å². The van der Waals surface area contributed by atoms with Crippen LogP contribution in [-0.2, 0) is 0 Å². The lowest BCUT2D eigenvalue weighted by atomic mass is 10.1. The minimum atomic E-state index is -0.451. The zero-order chi connectivity index (χ0) is 18.5. The number of nitrogens with one attached hydrogen (secondary N) is 1. The lowest BCUT2D eigenvalue weighted by Crippen LogP contribution is -2.20. The molecule has 1 amide bonds. The fourth-order valence-corrected chi connectivity index (χ4v) is 2.72. The van der Waals surface area contributed by atoms with Gasteiger partial charge in [0.1, 0.15) is 11.5 Å². The molecule has 0 unspecified atom stereocenters. The highest BCUT2D eigenvalue weighted by atomic mass is 16.5. The van der Waals surface area contributed by atoms with Gasteiger partial charge in [-0.1, -0.05) is 31.2 Å². The molecule has 0 aliphatic carbocycles. The maximum atomic E-state index is 12.5. The molecule has 0 aromatic heterocycles. The third-order valence-corrected chi connectivity index (χ3v) is 4.16. The molecule has 2 N–H and O–H groups in total. The Balaban J connectivity index is 1.83. The highest BCUT2D eigenvalue weighted by molar-refractivity contribution is 6.04. The van der Waals surface area contributed by atoms with Crippen molar-refractivity contribution in [1.82, 2.24) is 5.43 Å². The molecular formula is C21H20N2O3. The molecule has 0 spiro atoms. The number of hydrazone groups is 1. The zero-order valence-corrected chi connectivity index (χ0v) is 14.7. The maximum Gasteiger partial charge on any atom is 0.275 e. The number of nitrogens with zero attached hydrogens (tertiary/aromatic N) is 1. The van der Waals surface area contributed by atoms with Crippen LogP contribution in [0.5, 0.6) is 11.5 Å². The number of phenolic OH excluding ortho intramolecular Hbond substituents is 1. The summed E-state index contributed by atoms with van der Waals surface area (Å²) >= 11 is 0. The molecular weight excluding hydrogens is 328 g/mol. The predicted octanol–water partition coefficient (Wildman–Crippen LogP) is 4.10. The fraction of sp³-hybridized carbons (Fsp3) is 0.143. The van der Waals surface area contributed by atoms with Crippen molar-refractivity contribution in [3.05, 3.63) is 71.8 Å². The average Bonchev–Trinajstić information content (AvgIpc) is 2.68. The highest BCUT2D eigenvalue weighted by Crippen LogP contribution is 2.25. The first-order valence-corrected chi connectivity index (χ1v) is 8.35. The van der Waals surface area contributed by atoms with E-state index in [1.54, 1.807) is 19.2 Å². The Hall–Kier alpha value is -3.34. The molecule has 5 nitrogen and oxygen atoms in total. The molecule has 0 aliphatic rings. The number of ether oxygens (including phenoxy) is 1. The van der Waals surface area contributed by atoms with Gasteiger partial charge in [0.05, 0.1) is 18.4 Å². The van der Waals surface area contributed by atoms with E-state index in [-0.39, 0.29) is 11.3 Å². The van der Waals surface area contributed by atoms with Crippen molar-refractivity contribution < 1.29 is 14.6 Å². The van der Waals surface area contributed by atoms with Crippen LogP contribution in [0.25, 0.3) is 10.8 Å². The summed E-state index contributed by atoms with van der Waals surface area (Å²) in [5.41, 5.74) is 4.37. The molecule has 26 heavy (non-hydrogen) atoms. The van der Waals surface area contributed by atoms with E-state index in [4.69, 9.17) is 4.74 Å². The molecule has 0 saturated heterocycles. The number of amides is 1. The third-order valence-electron chi connectivity index (χ3n) is 4.16. The second-order valence-electron chi connectivity index (χ2n) is 5.80. The van der Waals surface area contributed by atoms with E-state index in [1.165, 1.54) is 0 Å². The lowest BCUT2D eigenvalue weighted by molar-refractivity contribution is 0.0952. The molecule has 5 heteroatoms. The van der Waals surface area contributed by atoms with Crippen LogP contribution in [0.1, 0.15) is 29.3 Å². The van der Waals surface area contributed by atoms with Crippen molar-refractivity contribution in [2.24, 2.45) is 5.10 Å². The van der Waals surface area contributed by atoms with E-state index in [2.05, 4.69) is 10.5 Å². The van der Waals surface area contributed by atoms with E-state index in [1.807, 2.05) is 55.5 Å². The predicted molar refractivity (Wildman–Crippen MR) is 103 cm³/mol. The molecule has 0 radical (unpaired) electrons. The molecule has 0 heterocycles. The molecule has 0 aliphatic heterocycles. The summed E-state index contributed by atoms with van der Waals surface area (Å²) in [7, 11) is 1.61. The van der Waals surface area contributed by atoms with E-state index >= 15 is 0 Å². The minimum Gasteiger partial charge on any atom is -0.507 e. The number of carbonyl (C=O) groups excluding carboxylic acids is 1. The summed E-state index contributed by atoms with van der Waals surface area (Å²) in [5.74, 6) is 0.237. The van der Waals surface area contributed by atoms with Gasteiger partial charge in [0.2, 0.25) is 0 Å². The number of hydrogen-bond acceptors (Lipinski definition) is 4. The standard InChI is InChI=1S/C21H20N2O3/c1-3-19(14-8-10-17(26-2)11-9-14)22-23-21(25)18-12-15-6-4-5-7-16(15)13-20(18)24/h4-13,24H,3H2,1-2H3,(H,23,25)/b22-19-. The second-order valence-corrected chi connectivity index (χ2v) is 5.80. The Kier molecular flexibility index (Phi) is 5.17. The average molecular weight is 348 g/mol.